The molecule has 0 aliphatic carbocycles. The van der Waals surface area contributed by atoms with Crippen molar-refractivity contribution in [2.45, 2.75) is 6.54 Å². The minimum absolute atomic E-state index is 0.0230. The number of ether oxygens (including phenoxy) is 1. The standard InChI is InChI=1S/C11H16N4O4/c1-19-3-2-14-10(16)6-12-5-9-8(11(17)18)4-13-7-15-9/h4,7,12H,2-3,5-6H2,1H3,(H,14,16)(H,17,18). The van der Waals surface area contributed by atoms with Gasteiger partial charge in [-0.2, -0.15) is 0 Å². The van der Waals surface area contributed by atoms with E-state index in [1.54, 1.807) is 7.11 Å². The zero-order valence-electron chi connectivity index (χ0n) is 10.5. The second kappa shape index (κ2) is 8.11. The fourth-order valence-corrected chi connectivity index (χ4v) is 1.32. The number of aromatic nitrogens is 2. The molecule has 0 saturated carbocycles. The van der Waals surface area contributed by atoms with Gasteiger partial charge in [0, 0.05) is 26.4 Å². The van der Waals surface area contributed by atoms with Crippen LogP contribution >= 0.6 is 0 Å². The first-order chi connectivity index (χ1) is 9.15. The molecule has 104 valence electrons. The lowest BCUT2D eigenvalue weighted by Gasteiger charge is -2.07. The van der Waals surface area contributed by atoms with Gasteiger partial charge in [-0.3, -0.25) is 4.79 Å². The first-order valence-corrected chi connectivity index (χ1v) is 5.63. The molecule has 0 atom stereocenters. The Morgan fingerprint density at radius 1 is 1.47 bits per heavy atom. The maximum absolute atomic E-state index is 11.3. The maximum Gasteiger partial charge on any atom is 0.339 e. The molecule has 0 radical (unpaired) electrons. The molecular weight excluding hydrogens is 252 g/mol. The van der Waals surface area contributed by atoms with E-state index >= 15 is 0 Å². The van der Waals surface area contributed by atoms with Gasteiger partial charge < -0.3 is 20.5 Å². The normalized spacial score (nSPS) is 10.2. The number of carboxylic acid groups (broad SMARTS) is 1. The van der Waals surface area contributed by atoms with Gasteiger partial charge in [0.1, 0.15) is 11.9 Å². The minimum Gasteiger partial charge on any atom is -0.478 e. The van der Waals surface area contributed by atoms with Crippen LogP contribution in [0.2, 0.25) is 0 Å². The van der Waals surface area contributed by atoms with E-state index in [0.717, 1.165) is 0 Å². The van der Waals surface area contributed by atoms with E-state index in [4.69, 9.17) is 9.84 Å². The molecule has 0 unspecified atom stereocenters. The van der Waals surface area contributed by atoms with E-state index in [1.807, 2.05) is 0 Å². The van der Waals surface area contributed by atoms with Crippen LogP contribution in [-0.4, -0.2) is 53.8 Å². The lowest BCUT2D eigenvalue weighted by molar-refractivity contribution is -0.120. The van der Waals surface area contributed by atoms with Crippen molar-refractivity contribution in [2.75, 3.05) is 26.8 Å². The fourth-order valence-electron chi connectivity index (χ4n) is 1.32. The number of aromatic carboxylic acids is 1. The summed E-state index contributed by atoms with van der Waals surface area (Å²) < 4.78 is 4.79. The summed E-state index contributed by atoms with van der Waals surface area (Å²) >= 11 is 0. The van der Waals surface area contributed by atoms with E-state index in [9.17, 15) is 9.59 Å². The van der Waals surface area contributed by atoms with Crippen molar-refractivity contribution in [3.63, 3.8) is 0 Å². The van der Waals surface area contributed by atoms with E-state index in [1.165, 1.54) is 12.5 Å². The molecule has 8 heteroatoms. The lowest BCUT2D eigenvalue weighted by Crippen LogP contribution is -2.35. The van der Waals surface area contributed by atoms with Crippen LogP contribution in [-0.2, 0) is 16.1 Å². The fraction of sp³-hybridized carbons (Fsp3) is 0.455. The summed E-state index contributed by atoms with van der Waals surface area (Å²) in [6, 6.07) is 0. The molecule has 0 aliphatic rings. The molecule has 1 aromatic rings. The van der Waals surface area contributed by atoms with E-state index < -0.39 is 5.97 Å². The molecule has 0 aromatic carbocycles. The Morgan fingerprint density at radius 3 is 2.95 bits per heavy atom. The third-order valence-electron chi connectivity index (χ3n) is 2.23. The molecule has 1 aromatic heterocycles. The average Bonchev–Trinajstić information content (AvgIpc) is 2.39. The van der Waals surface area contributed by atoms with Gasteiger partial charge in [-0.1, -0.05) is 0 Å². The summed E-state index contributed by atoms with van der Waals surface area (Å²) in [5.74, 6) is -1.29. The summed E-state index contributed by atoms with van der Waals surface area (Å²) in [5.41, 5.74) is 0.363. The molecule has 0 aliphatic heterocycles. The third kappa shape index (κ3) is 5.40. The Hall–Kier alpha value is -2.06. The monoisotopic (exact) mass is 268 g/mol. The predicted molar refractivity (Wildman–Crippen MR) is 65.6 cm³/mol. The molecular formula is C11H16N4O4. The number of hydrogen-bond acceptors (Lipinski definition) is 6. The van der Waals surface area contributed by atoms with Gasteiger partial charge in [-0.15, -0.1) is 0 Å². The van der Waals surface area contributed by atoms with Crippen LogP contribution in [0.25, 0.3) is 0 Å². The van der Waals surface area contributed by atoms with E-state index in [-0.39, 0.29) is 24.6 Å². The van der Waals surface area contributed by atoms with Crippen LogP contribution in [0.5, 0.6) is 0 Å². The largest absolute Gasteiger partial charge is 0.478 e. The van der Waals surface area contributed by atoms with Crippen molar-refractivity contribution in [3.05, 3.63) is 23.8 Å². The summed E-state index contributed by atoms with van der Waals surface area (Å²) in [5, 5.41) is 14.4. The van der Waals surface area contributed by atoms with Crippen molar-refractivity contribution >= 4 is 11.9 Å². The Kier molecular flexibility index (Phi) is 6.41. The van der Waals surface area contributed by atoms with Crippen LogP contribution in [0.15, 0.2) is 12.5 Å². The van der Waals surface area contributed by atoms with Crippen molar-refractivity contribution in [1.82, 2.24) is 20.6 Å². The number of carboxylic acids is 1. The Labute approximate surface area is 110 Å². The Bertz CT molecular complexity index is 438. The maximum atomic E-state index is 11.3. The summed E-state index contributed by atoms with van der Waals surface area (Å²) in [6.45, 7) is 1.14. The van der Waals surface area contributed by atoms with Crippen LogP contribution in [0.1, 0.15) is 16.1 Å². The number of rotatable bonds is 8. The smallest absolute Gasteiger partial charge is 0.339 e. The van der Waals surface area contributed by atoms with Gasteiger partial charge in [-0.25, -0.2) is 14.8 Å². The van der Waals surface area contributed by atoms with E-state index in [0.29, 0.717) is 18.8 Å². The van der Waals surface area contributed by atoms with Crippen LogP contribution < -0.4 is 10.6 Å². The lowest BCUT2D eigenvalue weighted by atomic mass is 10.2. The molecule has 1 heterocycles. The highest BCUT2D eigenvalue weighted by atomic mass is 16.5. The number of carbonyl (C=O) groups is 2. The van der Waals surface area contributed by atoms with Gasteiger partial charge in [0.25, 0.3) is 0 Å². The summed E-state index contributed by atoms with van der Waals surface area (Å²) in [4.78, 5) is 29.8. The third-order valence-corrected chi connectivity index (χ3v) is 2.23. The molecule has 0 saturated heterocycles. The average molecular weight is 268 g/mol. The number of carbonyl (C=O) groups excluding carboxylic acids is 1. The minimum atomic E-state index is -1.10. The van der Waals surface area contributed by atoms with Gasteiger partial charge in [0.2, 0.25) is 5.91 Å². The van der Waals surface area contributed by atoms with Crippen LogP contribution in [0.3, 0.4) is 0 Å². The number of nitrogens with one attached hydrogen (secondary N) is 2. The first-order valence-electron chi connectivity index (χ1n) is 5.63. The molecule has 0 bridgehead atoms. The zero-order valence-corrected chi connectivity index (χ0v) is 10.5. The predicted octanol–water partition coefficient (Wildman–Crippen LogP) is -0.973. The first kappa shape index (κ1) is 15.0. The van der Waals surface area contributed by atoms with E-state index in [2.05, 4.69) is 20.6 Å². The molecule has 0 spiro atoms. The molecule has 1 rings (SSSR count). The van der Waals surface area contributed by atoms with Gasteiger partial charge in [0.05, 0.1) is 18.8 Å². The highest BCUT2D eigenvalue weighted by Gasteiger charge is 2.11. The molecule has 8 nitrogen and oxygen atoms in total. The molecule has 3 N–H and O–H groups in total. The Balaban J connectivity index is 2.37. The zero-order chi connectivity index (χ0) is 14.1. The van der Waals surface area contributed by atoms with Gasteiger partial charge in [0.15, 0.2) is 0 Å². The van der Waals surface area contributed by atoms with Crippen LogP contribution in [0.4, 0.5) is 0 Å². The van der Waals surface area contributed by atoms with Crippen LogP contribution in [0, 0.1) is 0 Å². The molecule has 19 heavy (non-hydrogen) atoms. The molecule has 0 fully saturated rings. The second-order valence-corrected chi connectivity index (χ2v) is 3.63. The summed E-state index contributed by atoms with van der Waals surface area (Å²) in [6.07, 6.45) is 2.49. The van der Waals surface area contributed by atoms with Crippen molar-refractivity contribution in [3.8, 4) is 0 Å². The molecule has 1 amide bonds. The summed E-state index contributed by atoms with van der Waals surface area (Å²) in [7, 11) is 1.55. The Morgan fingerprint density at radius 2 is 2.26 bits per heavy atom. The van der Waals surface area contributed by atoms with Crippen molar-refractivity contribution in [1.29, 1.82) is 0 Å². The quantitative estimate of drug-likeness (QED) is 0.520. The number of hydrogen-bond donors (Lipinski definition) is 3. The number of methoxy groups -OCH3 is 1. The highest BCUT2D eigenvalue weighted by molar-refractivity contribution is 5.88. The number of amides is 1. The topological polar surface area (TPSA) is 113 Å². The van der Waals surface area contributed by atoms with Gasteiger partial charge in [-0.05, 0) is 0 Å². The van der Waals surface area contributed by atoms with Crippen molar-refractivity contribution < 1.29 is 19.4 Å². The van der Waals surface area contributed by atoms with Gasteiger partial charge >= 0.3 is 5.97 Å². The van der Waals surface area contributed by atoms with Crippen molar-refractivity contribution in [2.24, 2.45) is 0 Å². The number of nitrogens with zero attached hydrogens (tertiary/aromatic N) is 2. The SMILES string of the molecule is COCCNC(=O)CNCc1ncncc1C(=O)O. The highest BCUT2D eigenvalue weighted by Crippen LogP contribution is 2.02. The second-order valence-electron chi connectivity index (χ2n) is 3.63.